The number of esters is 1. The van der Waals surface area contributed by atoms with Gasteiger partial charge in [-0.25, -0.2) is 4.79 Å². The van der Waals surface area contributed by atoms with E-state index in [0.717, 1.165) is 12.8 Å². The number of nitrogens with two attached hydrogens (primary N) is 1. The normalized spacial score (nSPS) is 13.7. The Morgan fingerprint density at radius 1 is 1.40 bits per heavy atom. The number of methoxy groups -OCH3 is 1. The molecule has 20 heavy (non-hydrogen) atoms. The van der Waals surface area contributed by atoms with E-state index in [0.29, 0.717) is 18.2 Å². The van der Waals surface area contributed by atoms with Crippen molar-refractivity contribution in [2.75, 3.05) is 26.0 Å². The first-order valence-electron chi connectivity index (χ1n) is 6.47. The summed E-state index contributed by atoms with van der Waals surface area (Å²) in [6, 6.07) is 4.69. The molecule has 0 unspecified atom stereocenters. The maximum Gasteiger partial charge on any atom is 0.340 e. The van der Waals surface area contributed by atoms with Crippen molar-refractivity contribution in [3.8, 4) is 5.75 Å². The topological polar surface area (TPSA) is 90.7 Å². The fourth-order valence-electron chi connectivity index (χ4n) is 1.68. The molecule has 0 heterocycles. The molecule has 0 aliphatic heterocycles. The highest BCUT2D eigenvalue weighted by molar-refractivity contribution is 5.96. The highest BCUT2D eigenvalue weighted by Crippen LogP contribution is 2.27. The van der Waals surface area contributed by atoms with Crippen molar-refractivity contribution in [3.05, 3.63) is 23.8 Å². The smallest absolute Gasteiger partial charge is 0.340 e. The minimum atomic E-state index is -0.636. The average Bonchev–Trinajstić information content (AvgIpc) is 3.27. The lowest BCUT2D eigenvalue weighted by atomic mass is 10.2. The molecule has 1 aromatic carbocycles. The molecule has 0 atom stereocenters. The van der Waals surface area contributed by atoms with E-state index in [1.165, 1.54) is 13.2 Å². The molecule has 1 aromatic rings. The van der Waals surface area contributed by atoms with Gasteiger partial charge in [0.2, 0.25) is 0 Å². The van der Waals surface area contributed by atoms with Crippen molar-refractivity contribution in [3.63, 3.8) is 0 Å². The molecule has 1 fully saturated rings. The van der Waals surface area contributed by atoms with Crippen LogP contribution in [0, 0.1) is 5.92 Å². The van der Waals surface area contributed by atoms with E-state index in [9.17, 15) is 9.59 Å². The number of ether oxygens (including phenoxy) is 2. The van der Waals surface area contributed by atoms with Crippen LogP contribution in [0.3, 0.4) is 0 Å². The first kappa shape index (κ1) is 14.2. The number of benzene rings is 1. The first-order chi connectivity index (χ1) is 9.60. The molecule has 1 amide bonds. The van der Waals surface area contributed by atoms with Gasteiger partial charge in [-0.1, -0.05) is 0 Å². The molecule has 1 aliphatic carbocycles. The van der Waals surface area contributed by atoms with E-state index >= 15 is 0 Å². The number of hydrogen-bond acceptors (Lipinski definition) is 5. The average molecular weight is 278 g/mol. The Labute approximate surface area is 117 Å². The van der Waals surface area contributed by atoms with Crippen molar-refractivity contribution in [1.82, 2.24) is 5.32 Å². The standard InChI is InChI=1S/C14H18N2O4/c1-19-10-4-5-12(15)11(6-10)14(18)20-8-13(17)16-7-9-2-3-9/h4-6,9H,2-3,7-8,15H2,1H3,(H,16,17). The maximum absolute atomic E-state index is 11.9. The molecule has 0 bridgehead atoms. The zero-order valence-corrected chi connectivity index (χ0v) is 11.3. The third-order valence-electron chi connectivity index (χ3n) is 3.10. The minimum absolute atomic E-state index is 0.194. The molecule has 3 N–H and O–H groups in total. The van der Waals surface area contributed by atoms with Crippen molar-refractivity contribution < 1.29 is 19.1 Å². The van der Waals surface area contributed by atoms with Gasteiger partial charge in [-0.15, -0.1) is 0 Å². The number of anilines is 1. The largest absolute Gasteiger partial charge is 0.497 e. The summed E-state index contributed by atoms with van der Waals surface area (Å²) in [5.41, 5.74) is 6.18. The van der Waals surface area contributed by atoms with Gasteiger partial charge in [0.05, 0.1) is 12.7 Å². The van der Waals surface area contributed by atoms with E-state index in [4.69, 9.17) is 15.2 Å². The molecule has 0 spiro atoms. The summed E-state index contributed by atoms with van der Waals surface area (Å²) >= 11 is 0. The molecular weight excluding hydrogens is 260 g/mol. The van der Waals surface area contributed by atoms with Crippen LogP contribution >= 0.6 is 0 Å². The molecular formula is C14H18N2O4. The third-order valence-corrected chi connectivity index (χ3v) is 3.10. The molecule has 108 valence electrons. The second-order valence-electron chi connectivity index (χ2n) is 4.78. The van der Waals surface area contributed by atoms with Gasteiger partial charge in [0.25, 0.3) is 5.91 Å². The third kappa shape index (κ3) is 3.88. The van der Waals surface area contributed by atoms with Gasteiger partial charge in [-0.2, -0.15) is 0 Å². The van der Waals surface area contributed by atoms with Crippen molar-refractivity contribution >= 4 is 17.6 Å². The molecule has 1 saturated carbocycles. The number of rotatable bonds is 6. The highest BCUT2D eigenvalue weighted by Gasteiger charge is 2.22. The molecule has 0 saturated heterocycles. The number of carbonyl (C=O) groups excluding carboxylic acids is 2. The summed E-state index contributed by atoms with van der Waals surface area (Å²) < 4.78 is 9.95. The predicted octanol–water partition coefficient (Wildman–Crippen LogP) is 0.960. The van der Waals surface area contributed by atoms with Gasteiger partial charge in [0.15, 0.2) is 6.61 Å². The predicted molar refractivity (Wildman–Crippen MR) is 73.4 cm³/mol. The lowest BCUT2D eigenvalue weighted by Crippen LogP contribution is -2.30. The van der Waals surface area contributed by atoms with Crippen LogP contribution in [0.1, 0.15) is 23.2 Å². The van der Waals surface area contributed by atoms with Gasteiger partial charge < -0.3 is 20.5 Å². The summed E-state index contributed by atoms with van der Waals surface area (Å²) in [5.74, 6) is 0.155. The molecule has 1 aliphatic rings. The minimum Gasteiger partial charge on any atom is -0.497 e. The van der Waals surface area contributed by atoms with Crippen LogP contribution in [0.4, 0.5) is 5.69 Å². The van der Waals surface area contributed by atoms with E-state index in [1.807, 2.05) is 0 Å². The molecule has 0 radical (unpaired) electrons. The van der Waals surface area contributed by atoms with Crippen molar-refractivity contribution in [2.24, 2.45) is 5.92 Å². The van der Waals surface area contributed by atoms with Crippen molar-refractivity contribution in [2.45, 2.75) is 12.8 Å². The van der Waals surface area contributed by atoms with Gasteiger partial charge in [0, 0.05) is 12.2 Å². The van der Waals surface area contributed by atoms with Crippen LogP contribution < -0.4 is 15.8 Å². The van der Waals surface area contributed by atoms with Crippen LogP contribution in [-0.4, -0.2) is 32.1 Å². The van der Waals surface area contributed by atoms with E-state index in [-0.39, 0.29) is 23.8 Å². The van der Waals surface area contributed by atoms with Gasteiger partial charge in [-0.05, 0) is 37.0 Å². The molecule has 6 nitrogen and oxygen atoms in total. The molecule has 6 heteroatoms. The summed E-state index contributed by atoms with van der Waals surface area (Å²) in [6.45, 7) is 0.347. The maximum atomic E-state index is 11.9. The SMILES string of the molecule is COc1ccc(N)c(C(=O)OCC(=O)NCC2CC2)c1. The lowest BCUT2D eigenvalue weighted by Gasteiger charge is -2.09. The summed E-state index contributed by atoms with van der Waals surface area (Å²) in [4.78, 5) is 23.3. The number of hydrogen-bond donors (Lipinski definition) is 2. The van der Waals surface area contributed by atoms with E-state index in [2.05, 4.69) is 5.32 Å². The molecule has 0 aromatic heterocycles. The molecule has 2 rings (SSSR count). The Balaban J connectivity index is 1.85. The zero-order valence-electron chi connectivity index (χ0n) is 11.3. The Morgan fingerprint density at radius 2 is 2.15 bits per heavy atom. The van der Waals surface area contributed by atoms with Crippen LogP contribution in [0.15, 0.2) is 18.2 Å². The number of nitrogen functional groups attached to an aromatic ring is 1. The Kier molecular flexibility index (Phi) is 4.45. The zero-order chi connectivity index (χ0) is 14.5. The monoisotopic (exact) mass is 278 g/mol. The van der Waals surface area contributed by atoms with Crippen molar-refractivity contribution in [1.29, 1.82) is 0 Å². The van der Waals surface area contributed by atoms with E-state index < -0.39 is 5.97 Å². The van der Waals surface area contributed by atoms with Crippen LogP contribution in [0.5, 0.6) is 5.75 Å². The van der Waals surface area contributed by atoms with Crippen LogP contribution in [-0.2, 0) is 9.53 Å². The second-order valence-corrected chi connectivity index (χ2v) is 4.78. The van der Waals surface area contributed by atoms with Gasteiger partial charge in [0.1, 0.15) is 5.75 Å². The number of amides is 1. The summed E-state index contributed by atoms with van der Waals surface area (Å²) in [6.07, 6.45) is 2.31. The van der Waals surface area contributed by atoms with Gasteiger partial charge in [-0.3, -0.25) is 4.79 Å². The lowest BCUT2D eigenvalue weighted by molar-refractivity contribution is -0.124. The Hall–Kier alpha value is -2.24. The van der Waals surface area contributed by atoms with Crippen LogP contribution in [0.2, 0.25) is 0 Å². The van der Waals surface area contributed by atoms with Crippen LogP contribution in [0.25, 0.3) is 0 Å². The summed E-state index contributed by atoms with van der Waals surface area (Å²) in [7, 11) is 1.49. The quantitative estimate of drug-likeness (QED) is 0.597. The van der Waals surface area contributed by atoms with Gasteiger partial charge >= 0.3 is 5.97 Å². The number of carbonyl (C=O) groups is 2. The fourth-order valence-corrected chi connectivity index (χ4v) is 1.68. The van der Waals surface area contributed by atoms with E-state index in [1.54, 1.807) is 12.1 Å². The highest BCUT2D eigenvalue weighted by atomic mass is 16.5. The Morgan fingerprint density at radius 3 is 2.80 bits per heavy atom. The second kappa shape index (κ2) is 6.27. The number of nitrogens with one attached hydrogen (secondary N) is 1. The Bertz CT molecular complexity index is 512. The summed E-state index contributed by atoms with van der Waals surface area (Å²) in [5, 5.41) is 2.72. The first-order valence-corrected chi connectivity index (χ1v) is 6.47. The fraction of sp³-hybridized carbons (Fsp3) is 0.429.